The van der Waals surface area contributed by atoms with Crippen molar-refractivity contribution >= 4 is 23.2 Å². The molecule has 0 aromatic heterocycles. The van der Waals surface area contributed by atoms with E-state index in [-0.39, 0.29) is 24.0 Å². The molecule has 0 spiro atoms. The number of morpholine rings is 1. The molecule has 1 saturated heterocycles. The van der Waals surface area contributed by atoms with Crippen LogP contribution in [0.4, 0.5) is 11.4 Å². The Balaban J connectivity index is 1.46. The predicted molar refractivity (Wildman–Crippen MR) is 106 cm³/mol. The molecule has 0 aliphatic carbocycles. The summed E-state index contributed by atoms with van der Waals surface area (Å²) in [6.45, 7) is 2.87. The van der Waals surface area contributed by atoms with Crippen molar-refractivity contribution in [1.82, 2.24) is 10.2 Å². The third-order valence-electron chi connectivity index (χ3n) is 4.59. The topological polar surface area (TPSA) is 114 Å². The zero-order chi connectivity index (χ0) is 20.6. The Labute approximate surface area is 167 Å². The molecule has 3 rings (SSSR count). The molecule has 2 N–H and O–H groups in total. The Morgan fingerprint density at radius 3 is 2.59 bits per heavy atom. The van der Waals surface area contributed by atoms with E-state index in [0.717, 1.165) is 12.1 Å². The molecule has 9 heteroatoms. The van der Waals surface area contributed by atoms with Crippen LogP contribution in [0.25, 0.3) is 0 Å². The first-order chi connectivity index (χ1) is 14.0. The fourth-order valence-corrected chi connectivity index (χ4v) is 3.10. The van der Waals surface area contributed by atoms with Gasteiger partial charge < -0.3 is 15.4 Å². The fourth-order valence-electron chi connectivity index (χ4n) is 3.10. The van der Waals surface area contributed by atoms with Gasteiger partial charge in [-0.2, -0.15) is 0 Å². The molecule has 0 bridgehead atoms. The summed E-state index contributed by atoms with van der Waals surface area (Å²) in [7, 11) is 0. The molecule has 29 heavy (non-hydrogen) atoms. The van der Waals surface area contributed by atoms with Gasteiger partial charge in [0.05, 0.1) is 17.6 Å². The number of para-hydroxylation sites is 2. The van der Waals surface area contributed by atoms with Gasteiger partial charge in [0.1, 0.15) is 5.69 Å². The maximum atomic E-state index is 12.0. The molecule has 2 amide bonds. The fraction of sp³-hybridized carbons (Fsp3) is 0.300. The van der Waals surface area contributed by atoms with Crippen LogP contribution >= 0.6 is 0 Å². The van der Waals surface area contributed by atoms with Gasteiger partial charge >= 0.3 is 11.8 Å². The van der Waals surface area contributed by atoms with Gasteiger partial charge in [-0.3, -0.25) is 24.6 Å². The minimum atomic E-state index is -0.941. The maximum absolute atomic E-state index is 12.0. The van der Waals surface area contributed by atoms with Crippen LogP contribution in [0.2, 0.25) is 0 Å². The number of carbonyl (C=O) groups is 2. The summed E-state index contributed by atoms with van der Waals surface area (Å²) in [4.78, 5) is 36.6. The number of nitrogens with zero attached hydrogens (tertiary/aromatic N) is 2. The Kier molecular flexibility index (Phi) is 6.88. The van der Waals surface area contributed by atoms with Crippen LogP contribution in [0.5, 0.6) is 0 Å². The van der Waals surface area contributed by atoms with E-state index in [0.29, 0.717) is 19.7 Å². The standard InChI is InChI=1S/C20H22N4O5/c25-19(20(26)22-16-8-4-5-9-17(16)24(27)28)21-10-11-23-12-13-29-18(14-23)15-6-2-1-3-7-15/h1-9,18H,10-14H2,(H,21,25)(H,22,26). The first kappa shape index (κ1) is 20.4. The summed E-state index contributed by atoms with van der Waals surface area (Å²) < 4.78 is 5.81. The lowest BCUT2D eigenvalue weighted by Crippen LogP contribution is -2.44. The van der Waals surface area contributed by atoms with E-state index in [1.165, 1.54) is 18.2 Å². The second-order valence-electron chi connectivity index (χ2n) is 6.56. The van der Waals surface area contributed by atoms with Crippen molar-refractivity contribution in [3.8, 4) is 0 Å². The lowest BCUT2D eigenvalue weighted by atomic mass is 10.1. The molecule has 2 aromatic rings. The highest BCUT2D eigenvalue weighted by Crippen LogP contribution is 2.23. The number of amides is 2. The summed E-state index contributed by atoms with van der Waals surface area (Å²) in [5.74, 6) is -1.78. The van der Waals surface area contributed by atoms with Crippen LogP contribution in [0.1, 0.15) is 11.7 Å². The quantitative estimate of drug-likeness (QED) is 0.435. The zero-order valence-electron chi connectivity index (χ0n) is 15.7. The van der Waals surface area contributed by atoms with E-state index in [1.54, 1.807) is 6.07 Å². The molecule has 1 unspecified atom stereocenters. The summed E-state index contributed by atoms with van der Waals surface area (Å²) in [5.41, 5.74) is 0.815. The van der Waals surface area contributed by atoms with Gasteiger partial charge in [-0.05, 0) is 11.6 Å². The van der Waals surface area contributed by atoms with Gasteiger partial charge in [0.25, 0.3) is 5.69 Å². The second-order valence-corrected chi connectivity index (χ2v) is 6.56. The molecule has 9 nitrogen and oxygen atoms in total. The van der Waals surface area contributed by atoms with Crippen molar-refractivity contribution in [2.24, 2.45) is 0 Å². The third-order valence-corrected chi connectivity index (χ3v) is 4.59. The van der Waals surface area contributed by atoms with Gasteiger partial charge in [0, 0.05) is 32.2 Å². The molecule has 1 atom stereocenters. The van der Waals surface area contributed by atoms with Crippen LogP contribution in [-0.2, 0) is 14.3 Å². The predicted octanol–water partition coefficient (Wildman–Crippen LogP) is 1.72. The first-order valence-corrected chi connectivity index (χ1v) is 9.26. The largest absolute Gasteiger partial charge is 0.371 e. The van der Waals surface area contributed by atoms with Crippen LogP contribution in [0.15, 0.2) is 54.6 Å². The minimum absolute atomic E-state index is 0.0171. The van der Waals surface area contributed by atoms with E-state index in [1.807, 2.05) is 30.3 Å². The number of nitrogens with one attached hydrogen (secondary N) is 2. The maximum Gasteiger partial charge on any atom is 0.313 e. The van der Waals surface area contributed by atoms with Gasteiger partial charge in [0.15, 0.2) is 0 Å². The molecule has 152 valence electrons. The van der Waals surface area contributed by atoms with E-state index in [9.17, 15) is 19.7 Å². The Hall–Kier alpha value is -3.30. The normalized spacial score (nSPS) is 16.8. The van der Waals surface area contributed by atoms with Gasteiger partial charge in [-0.25, -0.2) is 0 Å². The SMILES string of the molecule is O=C(NCCN1CCOC(c2ccccc2)C1)C(=O)Nc1ccccc1[N+](=O)[O-]. The van der Waals surface area contributed by atoms with Crippen LogP contribution in [0, 0.1) is 10.1 Å². The Bertz CT molecular complexity index is 874. The number of benzene rings is 2. The second kappa shape index (κ2) is 9.76. The minimum Gasteiger partial charge on any atom is -0.371 e. The van der Waals surface area contributed by atoms with E-state index >= 15 is 0 Å². The lowest BCUT2D eigenvalue weighted by molar-refractivity contribution is -0.383. The average Bonchev–Trinajstić information content (AvgIpc) is 2.74. The Morgan fingerprint density at radius 1 is 1.10 bits per heavy atom. The highest BCUT2D eigenvalue weighted by molar-refractivity contribution is 6.39. The molecule has 2 aromatic carbocycles. The molecule has 1 heterocycles. The molecule has 0 saturated carbocycles. The van der Waals surface area contributed by atoms with Crippen molar-refractivity contribution in [3.05, 3.63) is 70.3 Å². The number of carbonyl (C=O) groups excluding carboxylic acids is 2. The smallest absolute Gasteiger partial charge is 0.313 e. The number of nitro benzene ring substituents is 1. The summed E-state index contributed by atoms with van der Waals surface area (Å²) in [5, 5.41) is 15.8. The zero-order valence-corrected chi connectivity index (χ0v) is 15.7. The van der Waals surface area contributed by atoms with Crippen molar-refractivity contribution in [3.63, 3.8) is 0 Å². The van der Waals surface area contributed by atoms with Gasteiger partial charge in [-0.15, -0.1) is 0 Å². The lowest BCUT2D eigenvalue weighted by Gasteiger charge is -2.33. The first-order valence-electron chi connectivity index (χ1n) is 9.26. The molecule has 1 aliphatic heterocycles. The number of hydrogen-bond acceptors (Lipinski definition) is 6. The van der Waals surface area contributed by atoms with Crippen LogP contribution < -0.4 is 10.6 Å². The molecule has 1 aliphatic rings. The van der Waals surface area contributed by atoms with Crippen molar-refractivity contribution in [2.75, 3.05) is 38.1 Å². The number of hydrogen-bond donors (Lipinski definition) is 2. The van der Waals surface area contributed by atoms with Crippen molar-refractivity contribution < 1.29 is 19.2 Å². The number of ether oxygens (including phenoxy) is 1. The Morgan fingerprint density at radius 2 is 1.83 bits per heavy atom. The van der Waals surface area contributed by atoms with Gasteiger partial charge in [0.2, 0.25) is 0 Å². The molecular formula is C20H22N4O5. The molecule has 1 fully saturated rings. The van der Waals surface area contributed by atoms with Gasteiger partial charge in [-0.1, -0.05) is 42.5 Å². The van der Waals surface area contributed by atoms with Crippen molar-refractivity contribution in [1.29, 1.82) is 0 Å². The highest BCUT2D eigenvalue weighted by atomic mass is 16.6. The average molecular weight is 398 g/mol. The van der Waals surface area contributed by atoms with Crippen LogP contribution in [-0.4, -0.2) is 54.4 Å². The summed E-state index contributed by atoms with van der Waals surface area (Å²) >= 11 is 0. The van der Waals surface area contributed by atoms with E-state index < -0.39 is 16.7 Å². The van der Waals surface area contributed by atoms with E-state index in [2.05, 4.69) is 15.5 Å². The molecule has 0 radical (unpaired) electrons. The molecular weight excluding hydrogens is 376 g/mol. The number of rotatable bonds is 6. The highest BCUT2D eigenvalue weighted by Gasteiger charge is 2.23. The van der Waals surface area contributed by atoms with E-state index in [4.69, 9.17) is 4.74 Å². The third kappa shape index (κ3) is 5.59. The summed E-state index contributed by atoms with van der Waals surface area (Å²) in [6.07, 6.45) is -0.0254. The number of nitro groups is 1. The summed E-state index contributed by atoms with van der Waals surface area (Å²) in [6, 6.07) is 15.6. The number of anilines is 1. The van der Waals surface area contributed by atoms with Crippen molar-refractivity contribution in [2.45, 2.75) is 6.10 Å². The monoisotopic (exact) mass is 398 g/mol. The van der Waals surface area contributed by atoms with Crippen LogP contribution in [0.3, 0.4) is 0 Å².